The maximum absolute atomic E-state index is 12.4. The summed E-state index contributed by atoms with van der Waals surface area (Å²) in [6.07, 6.45) is 11.1. The van der Waals surface area contributed by atoms with Gasteiger partial charge in [0, 0.05) is 12.5 Å². The monoisotopic (exact) mass is 406 g/mol. The molecule has 0 heterocycles. The summed E-state index contributed by atoms with van der Waals surface area (Å²) >= 11 is 11.8. The van der Waals surface area contributed by atoms with Gasteiger partial charge in [0.2, 0.25) is 5.91 Å². The first-order chi connectivity index (χ1) is 12.9. The number of amides is 2. The Balaban J connectivity index is 1.27. The van der Waals surface area contributed by atoms with Crippen molar-refractivity contribution >= 4 is 41.1 Å². The summed E-state index contributed by atoms with van der Waals surface area (Å²) in [5, 5.41) is 0.901. The third-order valence-electron chi connectivity index (χ3n) is 6.40. The smallest absolute Gasteiger partial charge is 0.262 e. The second-order valence-corrected chi connectivity index (χ2v) is 9.45. The molecule has 2 amide bonds. The maximum atomic E-state index is 12.4. The van der Waals surface area contributed by atoms with Gasteiger partial charge >= 0.3 is 0 Å². The molecule has 5 rings (SSSR count). The van der Waals surface area contributed by atoms with Crippen LogP contribution >= 0.6 is 23.2 Å². The Morgan fingerprint density at radius 3 is 2.22 bits per heavy atom. The molecule has 4 aliphatic rings. The van der Waals surface area contributed by atoms with E-state index in [1.165, 1.54) is 44.6 Å². The minimum absolute atomic E-state index is 0.0896. The minimum atomic E-state index is -0.375. The molecule has 27 heavy (non-hydrogen) atoms. The van der Waals surface area contributed by atoms with E-state index in [1.54, 1.807) is 24.3 Å². The summed E-state index contributed by atoms with van der Waals surface area (Å²) < 4.78 is 0. The van der Waals surface area contributed by atoms with E-state index in [0.29, 0.717) is 16.5 Å². The van der Waals surface area contributed by atoms with Gasteiger partial charge in [-0.15, -0.1) is 0 Å². The van der Waals surface area contributed by atoms with Crippen LogP contribution in [-0.2, 0) is 9.59 Å². The van der Waals surface area contributed by atoms with Crippen LogP contribution in [0.3, 0.4) is 0 Å². The SMILES string of the molecule is O=C(/C=C/c1ccc(Cl)c(Cl)c1)NNC(=O)CC12CC3CC(CC(C3)C1)C2. The number of carbonyl (C=O) groups is 2. The Bertz CT molecular complexity index is 755. The third kappa shape index (κ3) is 4.33. The van der Waals surface area contributed by atoms with Crippen LogP contribution in [0.2, 0.25) is 10.0 Å². The van der Waals surface area contributed by atoms with Gasteiger partial charge in [-0.3, -0.25) is 20.4 Å². The van der Waals surface area contributed by atoms with E-state index in [4.69, 9.17) is 23.2 Å². The van der Waals surface area contributed by atoms with Crippen LogP contribution in [0, 0.1) is 23.2 Å². The molecule has 0 spiro atoms. The van der Waals surface area contributed by atoms with Crippen molar-refractivity contribution in [3.05, 3.63) is 39.9 Å². The quantitative estimate of drug-likeness (QED) is 0.559. The Hall–Kier alpha value is -1.52. The molecule has 0 aliphatic heterocycles. The Labute approximate surface area is 169 Å². The molecule has 1 aromatic rings. The van der Waals surface area contributed by atoms with E-state index >= 15 is 0 Å². The van der Waals surface area contributed by atoms with Gasteiger partial charge < -0.3 is 0 Å². The van der Waals surface area contributed by atoms with E-state index in [0.717, 1.165) is 23.3 Å². The molecular formula is C21H24Cl2N2O2. The number of hydrogen-bond acceptors (Lipinski definition) is 2. The van der Waals surface area contributed by atoms with Crippen molar-refractivity contribution in [3.63, 3.8) is 0 Å². The fraction of sp³-hybridized carbons (Fsp3) is 0.524. The van der Waals surface area contributed by atoms with Gasteiger partial charge in [0.25, 0.3) is 5.91 Å². The Morgan fingerprint density at radius 2 is 1.63 bits per heavy atom. The molecule has 4 nitrogen and oxygen atoms in total. The van der Waals surface area contributed by atoms with Crippen molar-refractivity contribution in [3.8, 4) is 0 Å². The van der Waals surface area contributed by atoms with Crippen LogP contribution in [0.5, 0.6) is 0 Å². The maximum Gasteiger partial charge on any atom is 0.262 e. The summed E-state index contributed by atoms with van der Waals surface area (Å²) in [5.74, 6) is 1.97. The van der Waals surface area contributed by atoms with Crippen molar-refractivity contribution in [1.82, 2.24) is 10.9 Å². The zero-order valence-electron chi connectivity index (χ0n) is 15.1. The van der Waals surface area contributed by atoms with Crippen molar-refractivity contribution in [1.29, 1.82) is 0 Å². The molecular weight excluding hydrogens is 383 g/mol. The number of benzene rings is 1. The van der Waals surface area contributed by atoms with Crippen LogP contribution in [0.25, 0.3) is 6.08 Å². The lowest BCUT2D eigenvalue weighted by Gasteiger charge is -2.56. The molecule has 4 aliphatic carbocycles. The van der Waals surface area contributed by atoms with Crippen molar-refractivity contribution in [2.24, 2.45) is 23.2 Å². The molecule has 4 saturated carbocycles. The van der Waals surface area contributed by atoms with Gasteiger partial charge in [0.1, 0.15) is 0 Å². The summed E-state index contributed by atoms with van der Waals surface area (Å²) in [6.45, 7) is 0. The lowest BCUT2D eigenvalue weighted by atomic mass is 9.49. The molecule has 1 aromatic carbocycles. The van der Waals surface area contributed by atoms with Gasteiger partial charge in [0.15, 0.2) is 0 Å². The van der Waals surface area contributed by atoms with Crippen molar-refractivity contribution in [2.75, 3.05) is 0 Å². The second-order valence-electron chi connectivity index (χ2n) is 8.64. The molecule has 0 saturated heterocycles. The molecule has 144 valence electrons. The lowest BCUT2D eigenvalue weighted by molar-refractivity contribution is -0.133. The van der Waals surface area contributed by atoms with Crippen molar-refractivity contribution in [2.45, 2.75) is 44.9 Å². The highest BCUT2D eigenvalue weighted by Crippen LogP contribution is 2.61. The van der Waals surface area contributed by atoms with E-state index in [-0.39, 0.29) is 17.2 Å². The van der Waals surface area contributed by atoms with Crippen LogP contribution in [0.1, 0.15) is 50.5 Å². The highest BCUT2D eigenvalue weighted by atomic mass is 35.5. The number of nitrogens with one attached hydrogen (secondary N) is 2. The largest absolute Gasteiger partial charge is 0.273 e. The number of hydrogen-bond donors (Lipinski definition) is 2. The Kier molecular flexibility index (Phi) is 5.21. The average Bonchev–Trinajstić information content (AvgIpc) is 2.59. The fourth-order valence-electron chi connectivity index (χ4n) is 5.85. The normalized spacial score (nSPS) is 31.3. The predicted octanol–water partition coefficient (Wildman–Crippen LogP) is 4.76. The first-order valence-corrected chi connectivity index (χ1v) is 10.4. The highest BCUT2D eigenvalue weighted by molar-refractivity contribution is 6.42. The molecule has 2 N–H and O–H groups in total. The van der Waals surface area contributed by atoms with Gasteiger partial charge in [-0.05, 0) is 85.5 Å². The van der Waals surface area contributed by atoms with Crippen molar-refractivity contribution < 1.29 is 9.59 Å². The molecule has 0 atom stereocenters. The summed E-state index contributed by atoms with van der Waals surface area (Å²) in [6, 6.07) is 5.12. The molecule has 0 unspecified atom stereocenters. The number of rotatable bonds is 4. The zero-order valence-corrected chi connectivity index (χ0v) is 16.7. The predicted molar refractivity (Wildman–Crippen MR) is 107 cm³/mol. The van der Waals surface area contributed by atoms with Gasteiger partial charge in [0.05, 0.1) is 10.0 Å². The van der Waals surface area contributed by atoms with E-state index in [1.807, 2.05) is 0 Å². The van der Waals surface area contributed by atoms with Crippen LogP contribution in [0.15, 0.2) is 24.3 Å². The van der Waals surface area contributed by atoms with E-state index in [2.05, 4.69) is 10.9 Å². The Morgan fingerprint density at radius 1 is 1.00 bits per heavy atom. The molecule has 0 radical (unpaired) electrons. The highest BCUT2D eigenvalue weighted by Gasteiger charge is 2.51. The number of carbonyl (C=O) groups excluding carboxylic acids is 2. The van der Waals surface area contributed by atoms with Gasteiger partial charge in [-0.25, -0.2) is 0 Å². The van der Waals surface area contributed by atoms with Crippen LogP contribution in [-0.4, -0.2) is 11.8 Å². The lowest BCUT2D eigenvalue weighted by Crippen LogP contribution is -2.49. The van der Waals surface area contributed by atoms with Crippen LogP contribution < -0.4 is 10.9 Å². The average molecular weight is 407 g/mol. The van der Waals surface area contributed by atoms with Gasteiger partial charge in [-0.2, -0.15) is 0 Å². The molecule has 4 fully saturated rings. The summed E-state index contributed by atoms with van der Waals surface area (Å²) in [7, 11) is 0. The van der Waals surface area contributed by atoms with Crippen LogP contribution in [0.4, 0.5) is 0 Å². The topological polar surface area (TPSA) is 58.2 Å². The van der Waals surface area contributed by atoms with E-state index < -0.39 is 0 Å². The third-order valence-corrected chi connectivity index (χ3v) is 7.14. The molecule has 6 heteroatoms. The second kappa shape index (κ2) is 7.48. The fourth-order valence-corrected chi connectivity index (χ4v) is 6.16. The molecule has 0 aromatic heterocycles. The van der Waals surface area contributed by atoms with E-state index in [9.17, 15) is 9.59 Å². The minimum Gasteiger partial charge on any atom is -0.273 e. The first-order valence-electron chi connectivity index (χ1n) is 9.63. The number of hydrazine groups is 1. The first kappa shape index (κ1) is 18.8. The standard InChI is InChI=1S/C21H24Cl2N2O2/c22-17-3-1-13(8-18(17)23)2-4-19(26)24-25-20(27)12-21-9-14-5-15(10-21)7-16(6-14)11-21/h1-4,8,14-16H,5-7,9-12H2,(H,24,26)(H,25,27)/b4-2+. The number of halogens is 2. The zero-order chi connectivity index (χ0) is 19.0. The summed E-state index contributed by atoms with van der Waals surface area (Å²) in [5.41, 5.74) is 5.98. The summed E-state index contributed by atoms with van der Waals surface area (Å²) in [4.78, 5) is 24.4. The molecule has 4 bridgehead atoms. The van der Waals surface area contributed by atoms with Gasteiger partial charge in [-0.1, -0.05) is 29.3 Å².